The van der Waals surface area contributed by atoms with Crippen LogP contribution in [0.3, 0.4) is 0 Å². The van der Waals surface area contributed by atoms with E-state index >= 15 is 0 Å². The van der Waals surface area contributed by atoms with Crippen molar-refractivity contribution in [2.24, 2.45) is 0 Å². The van der Waals surface area contributed by atoms with Gasteiger partial charge in [-0.2, -0.15) is 0 Å². The van der Waals surface area contributed by atoms with Gasteiger partial charge in [0.1, 0.15) is 17.6 Å². The molecule has 2 aromatic carbocycles. The molecule has 1 N–H and O–H groups in total. The summed E-state index contributed by atoms with van der Waals surface area (Å²) in [7, 11) is 0. The Bertz CT molecular complexity index is 812. The molecule has 2 rings (SSSR count). The second-order valence-corrected chi connectivity index (χ2v) is 7.80. The molecule has 29 heavy (non-hydrogen) atoms. The van der Waals surface area contributed by atoms with Crippen molar-refractivity contribution < 1.29 is 18.7 Å². The smallest absolute Gasteiger partial charge is 0.261 e. The Labute approximate surface area is 179 Å². The summed E-state index contributed by atoms with van der Waals surface area (Å²) >= 11 is 3.39. The minimum absolute atomic E-state index is 0.0186. The van der Waals surface area contributed by atoms with E-state index in [9.17, 15) is 14.0 Å². The first-order valence-electron chi connectivity index (χ1n) is 9.52. The maximum absolute atomic E-state index is 13.0. The molecule has 0 saturated heterocycles. The Balaban J connectivity index is 2.13. The van der Waals surface area contributed by atoms with E-state index in [1.54, 1.807) is 6.92 Å². The SMILES string of the molecule is CC[C@H](C)NC(=O)[C@@H](C)N(Cc1ccc(Br)cc1)C(=O)COc1ccc(F)cc1. The average Bonchev–Trinajstić information content (AvgIpc) is 2.72. The first-order valence-corrected chi connectivity index (χ1v) is 10.3. The second-order valence-electron chi connectivity index (χ2n) is 6.88. The Kier molecular flexibility index (Phi) is 8.64. The summed E-state index contributed by atoms with van der Waals surface area (Å²) in [5, 5.41) is 2.92. The van der Waals surface area contributed by atoms with Crippen LogP contribution in [0.2, 0.25) is 0 Å². The van der Waals surface area contributed by atoms with Crippen LogP contribution in [0.4, 0.5) is 4.39 Å². The monoisotopic (exact) mass is 464 g/mol. The van der Waals surface area contributed by atoms with E-state index < -0.39 is 6.04 Å². The van der Waals surface area contributed by atoms with E-state index in [-0.39, 0.29) is 36.8 Å². The third kappa shape index (κ3) is 7.16. The summed E-state index contributed by atoms with van der Waals surface area (Å²) in [6, 6.07) is 12.4. The molecule has 2 amide bonds. The summed E-state index contributed by atoms with van der Waals surface area (Å²) in [5.41, 5.74) is 0.895. The Hall–Kier alpha value is -2.41. The molecule has 0 fully saturated rings. The van der Waals surface area contributed by atoms with Gasteiger partial charge in [0, 0.05) is 17.1 Å². The topological polar surface area (TPSA) is 58.6 Å². The van der Waals surface area contributed by atoms with Crippen molar-refractivity contribution in [3.05, 3.63) is 64.4 Å². The summed E-state index contributed by atoms with van der Waals surface area (Å²) in [6.45, 7) is 5.63. The molecule has 2 atom stereocenters. The summed E-state index contributed by atoms with van der Waals surface area (Å²) in [5.74, 6) is -0.536. The molecule has 0 unspecified atom stereocenters. The van der Waals surface area contributed by atoms with Crippen molar-refractivity contribution in [2.45, 2.75) is 45.8 Å². The zero-order chi connectivity index (χ0) is 21.4. The number of hydrogen-bond donors (Lipinski definition) is 1. The fraction of sp³-hybridized carbons (Fsp3) is 0.364. The molecule has 0 radical (unpaired) electrons. The summed E-state index contributed by atoms with van der Waals surface area (Å²) in [4.78, 5) is 27.0. The third-order valence-corrected chi connectivity index (χ3v) is 5.14. The number of carbonyl (C=O) groups excluding carboxylic acids is 2. The molecule has 0 bridgehead atoms. The van der Waals surface area contributed by atoms with Gasteiger partial charge in [0.15, 0.2) is 6.61 Å². The minimum atomic E-state index is -0.669. The molecule has 0 aromatic heterocycles. The van der Waals surface area contributed by atoms with Crippen LogP contribution in [0.5, 0.6) is 5.75 Å². The largest absolute Gasteiger partial charge is 0.484 e. The van der Waals surface area contributed by atoms with E-state index in [1.807, 2.05) is 38.1 Å². The predicted octanol–water partition coefficient (Wildman–Crippen LogP) is 4.30. The number of rotatable bonds is 9. The van der Waals surface area contributed by atoms with Crippen LogP contribution in [0.1, 0.15) is 32.8 Å². The molecule has 0 saturated carbocycles. The molecule has 0 spiro atoms. The highest BCUT2D eigenvalue weighted by Crippen LogP contribution is 2.16. The van der Waals surface area contributed by atoms with Crippen molar-refractivity contribution in [2.75, 3.05) is 6.61 Å². The zero-order valence-corrected chi connectivity index (χ0v) is 18.4. The van der Waals surface area contributed by atoms with E-state index in [1.165, 1.54) is 29.2 Å². The number of benzene rings is 2. The van der Waals surface area contributed by atoms with Crippen molar-refractivity contribution in [1.82, 2.24) is 10.2 Å². The fourth-order valence-electron chi connectivity index (χ4n) is 2.59. The van der Waals surface area contributed by atoms with Crippen LogP contribution in [-0.2, 0) is 16.1 Å². The first-order chi connectivity index (χ1) is 13.8. The van der Waals surface area contributed by atoms with Crippen LogP contribution in [0.15, 0.2) is 53.0 Å². The highest BCUT2D eigenvalue weighted by atomic mass is 79.9. The number of nitrogens with zero attached hydrogens (tertiary/aromatic N) is 1. The van der Waals surface area contributed by atoms with Crippen molar-refractivity contribution in [3.63, 3.8) is 0 Å². The van der Waals surface area contributed by atoms with Gasteiger partial charge in [-0.3, -0.25) is 9.59 Å². The summed E-state index contributed by atoms with van der Waals surface area (Å²) in [6.07, 6.45) is 0.798. The normalized spacial score (nSPS) is 12.7. The Morgan fingerprint density at radius 1 is 1.10 bits per heavy atom. The molecule has 5 nitrogen and oxygen atoms in total. The zero-order valence-electron chi connectivity index (χ0n) is 16.8. The molecule has 2 aromatic rings. The number of carbonyl (C=O) groups is 2. The lowest BCUT2D eigenvalue weighted by atomic mass is 10.1. The quantitative estimate of drug-likeness (QED) is 0.601. The molecule has 0 aliphatic rings. The molecular weight excluding hydrogens is 439 g/mol. The van der Waals surface area contributed by atoms with Crippen LogP contribution in [0.25, 0.3) is 0 Å². The van der Waals surface area contributed by atoms with Gasteiger partial charge in [0.05, 0.1) is 0 Å². The Morgan fingerprint density at radius 2 is 1.72 bits per heavy atom. The van der Waals surface area contributed by atoms with Gasteiger partial charge in [0.25, 0.3) is 5.91 Å². The van der Waals surface area contributed by atoms with Gasteiger partial charge in [-0.1, -0.05) is 35.0 Å². The first kappa shape index (κ1) is 22.9. The molecule has 156 valence electrons. The number of halogens is 2. The van der Waals surface area contributed by atoms with Gasteiger partial charge in [-0.15, -0.1) is 0 Å². The molecule has 0 aliphatic carbocycles. The van der Waals surface area contributed by atoms with E-state index in [0.717, 1.165) is 16.5 Å². The fourth-order valence-corrected chi connectivity index (χ4v) is 2.86. The van der Waals surface area contributed by atoms with Crippen LogP contribution >= 0.6 is 15.9 Å². The predicted molar refractivity (Wildman–Crippen MR) is 114 cm³/mol. The van der Waals surface area contributed by atoms with Crippen LogP contribution in [0, 0.1) is 5.82 Å². The number of amides is 2. The van der Waals surface area contributed by atoms with E-state index in [2.05, 4.69) is 21.2 Å². The van der Waals surface area contributed by atoms with Gasteiger partial charge >= 0.3 is 0 Å². The average molecular weight is 465 g/mol. The lowest BCUT2D eigenvalue weighted by molar-refractivity contribution is -0.142. The van der Waals surface area contributed by atoms with Crippen molar-refractivity contribution in [1.29, 1.82) is 0 Å². The van der Waals surface area contributed by atoms with Gasteiger partial charge in [0.2, 0.25) is 5.91 Å². The molecule has 0 heterocycles. The number of ether oxygens (including phenoxy) is 1. The third-order valence-electron chi connectivity index (χ3n) is 4.61. The van der Waals surface area contributed by atoms with E-state index in [0.29, 0.717) is 5.75 Å². The highest BCUT2D eigenvalue weighted by Gasteiger charge is 2.27. The van der Waals surface area contributed by atoms with E-state index in [4.69, 9.17) is 4.74 Å². The number of hydrogen-bond acceptors (Lipinski definition) is 3. The summed E-state index contributed by atoms with van der Waals surface area (Å²) < 4.78 is 19.5. The lowest BCUT2D eigenvalue weighted by Gasteiger charge is -2.29. The highest BCUT2D eigenvalue weighted by molar-refractivity contribution is 9.10. The van der Waals surface area contributed by atoms with Gasteiger partial charge in [-0.05, 0) is 62.2 Å². The Morgan fingerprint density at radius 3 is 2.31 bits per heavy atom. The van der Waals surface area contributed by atoms with Crippen LogP contribution < -0.4 is 10.1 Å². The van der Waals surface area contributed by atoms with Gasteiger partial charge < -0.3 is 15.0 Å². The lowest BCUT2D eigenvalue weighted by Crippen LogP contribution is -2.50. The van der Waals surface area contributed by atoms with Crippen molar-refractivity contribution >= 4 is 27.7 Å². The van der Waals surface area contributed by atoms with Gasteiger partial charge in [-0.25, -0.2) is 4.39 Å². The number of nitrogens with one attached hydrogen (secondary N) is 1. The standard InChI is InChI=1S/C22H26BrFN2O3/c1-4-15(2)25-22(28)16(3)26(13-17-5-7-18(23)8-6-17)21(27)14-29-20-11-9-19(24)10-12-20/h5-12,15-16H,4,13-14H2,1-3H3,(H,25,28)/t15-,16+/m0/s1. The van der Waals surface area contributed by atoms with Crippen LogP contribution in [-0.4, -0.2) is 35.4 Å². The molecular formula is C22H26BrFN2O3. The molecule has 7 heteroatoms. The maximum atomic E-state index is 13.0. The second kappa shape index (κ2) is 11.0. The minimum Gasteiger partial charge on any atom is -0.484 e. The molecule has 0 aliphatic heterocycles. The maximum Gasteiger partial charge on any atom is 0.261 e. The van der Waals surface area contributed by atoms with Crippen molar-refractivity contribution in [3.8, 4) is 5.75 Å².